The molecule has 2 aromatic rings. The summed E-state index contributed by atoms with van der Waals surface area (Å²) < 4.78 is 28.4. The van der Waals surface area contributed by atoms with Gasteiger partial charge in [0.05, 0.1) is 11.4 Å². The van der Waals surface area contributed by atoms with E-state index in [1.165, 1.54) is 10.2 Å². The van der Waals surface area contributed by atoms with Crippen LogP contribution >= 0.6 is 0 Å². The number of rotatable bonds is 6. The zero-order valence-corrected chi connectivity index (χ0v) is 15.3. The molecule has 7 heteroatoms. The maximum atomic E-state index is 12.4. The Kier molecular flexibility index (Phi) is 5.43. The van der Waals surface area contributed by atoms with E-state index < -0.39 is 15.9 Å². The molecule has 0 saturated heterocycles. The molecular weight excluding hydrogens is 326 g/mol. The van der Waals surface area contributed by atoms with Gasteiger partial charge in [0.1, 0.15) is 4.90 Å². The van der Waals surface area contributed by atoms with E-state index in [9.17, 15) is 13.2 Å². The van der Waals surface area contributed by atoms with E-state index >= 15 is 0 Å². The average Bonchev–Trinajstić information content (AvgIpc) is 2.74. The second-order valence-electron chi connectivity index (χ2n) is 5.99. The average molecular weight is 349 g/mol. The number of benzene rings is 1. The summed E-state index contributed by atoms with van der Waals surface area (Å²) >= 11 is 0. The molecule has 0 spiro atoms. The lowest BCUT2D eigenvalue weighted by molar-refractivity contribution is -0.119. The van der Waals surface area contributed by atoms with Crippen LogP contribution in [0.2, 0.25) is 0 Å². The maximum Gasteiger partial charge on any atom is 0.267 e. The van der Waals surface area contributed by atoms with Gasteiger partial charge in [-0.1, -0.05) is 29.8 Å². The highest BCUT2D eigenvalue weighted by Gasteiger charge is 2.25. The summed E-state index contributed by atoms with van der Waals surface area (Å²) in [6.45, 7) is 5.30. The van der Waals surface area contributed by atoms with Gasteiger partial charge in [-0.15, -0.1) is 0 Å². The number of aromatic nitrogens is 2. The molecule has 0 atom stereocenters. The number of sulfonamides is 1. The first-order chi connectivity index (χ1) is 11.2. The largest absolute Gasteiger partial charge is 0.274 e. The molecule has 0 aliphatic carbocycles. The fourth-order valence-corrected chi connectivity index (χ4v) is 4.06. The molecule has 0 saturated carbocycles. The highest BCUT2D eigenvalue weighted by Crippen LogP contribution is 2.18. The first kappa shape index (κ1) is 18.2. The Hall–Kier alpha value is -2.15. The van der Waals surface area contributed by atoms with Gasteiger partial charge in [-0.2, -0.15) is 5.10 Å². The normalized spacial score (nSPS) is 11.5. The zero-order valence-electron chi connectivity index (χ0n) is 14.5. The molecule has 0 radical (unpaired) electrons. The van der Waals surface area contributed by atoms with E-state index in [4.69, 9.17) is 0 Å². The van der Waals surface area contributed by atoms with E-state index in [1.54, 1.807) is 20.9 Å². The molecule has 130 valence electrons. The molecule has 1 N–H and O–H groups in total. The summed E-state index contributed by atoms with van der Waals surface area (Å²) in [4.78, 5) is 12.1. The number of nitrogens with one attached hydrogen (secondary N) is 1. The highest BCUT2D eigenvalue weighted by molar-refractivity contribution is 7.90. The molecule has 6 nitrogen and oxygen atoms in total. The molecule has 0 unspecified atom stereocenters. The van der Waals surface area contributed by atoms with Crippen LogP contribution in [-0.2, 0) is 28.3 Å². The molecular formula is C17H23N3O3S. The Morgan fingerprint density at radius 2 is 1.79 bits per heavy atom. The maximum absolute atomic E-state index is 12.4. The molecule has 1 amide bonds. The Bertz CT molecular complexity index is 837. The summed E-state index contributed by atoms with van der Waals surface area (Å²) in [6, 6.07) is 8.08. The quantitative estimate of drug-likeness (QED) is 0.867. The van der Waals surface area contributed by atoms with Crippen molar-refractivity contribution in [3.8, 4) is 0 Å². The van der Waals surface area contributed by atoms with E-state index in [0.717, 1.165) is 12.0 Å². The molecule has 1 heterocycles. The predicted molar refractivity (Wildman–Crippen MR) is 92.1 cm³/mol. The second-order valence-corrected chi connectivity index (χ2v) is 7.61. The molecule has 1 aromatic heterocycles. The van der Waals surface area contributed by atoms with Gasteiger partial charge in [-0.25, -0.2) is 13.1 Å². The number of carbonyl (C=O) groups excluding carboxylic acids is 1. The van der Waals surface area contributed by atoms with E-state index in [1.807, 2.05) is 31.2 Å². The number of aryl methyl sites for hydroxylation is 4. The van der Waals surface area contributed by atoms with Crippen molar-refractivity contribution in [2.45, 2.75) is 44.9 Å². The topological polar surface area (TPSA) is 81.1 Å². The lowest BCUT2D eigenvalue weighted by Gasteiger charge is -2.07. The molecule has 1 aromatic carbocycles. The Morgan fingerprint density at radius 1 is 1.17 bits per heavy atom. The number of nitrogens with zero attached hydrogens (tertiary/aromatic N) is 2. The van der Waals surface area contributed by atoms with Crippen LogP contribution in [0.3, 0.4) is 0 Å². The Labute approximate surface area is 142 Å². The van der Waals surface area contributed by atoms with Crippen LogP contribution in [0.15, 0.2) is 29.2 Å². The Balaban J connectivity index is 1.95. The van der Waals surface area contributed by atoms with Gasteiger partial charge in [-0.3, -0.25) is 9.48 Å². The molecule has 24 heavy (non-hydrogen) atoms. The van der Waals surface area contributed by atoms with Crippen molar-refractivity contribution < 1.29 is 13.2 Å². The van der Waals surface area contributed by atoms with Gasteiger partial charge in [0.15, 0.2) is 0 Å². The van der Waals surface area contributed by atoms with Gasteiger partial charge in [0.2, 0.25) is 5.91 Å². The van der Waals surface area contributed by atoms with Crippen molar-refractivity contribution in [2.24, 2.45) is 7.05 Å². The molecule has 0 aliphatic heterocycles. The van der Waals surface area contributed by atoms with Crippen LogP contribution in [0.1, 0.15) is 35.4 Å². The van der Waals surface area contributed by atoms with Crippen LogP contribution in [0.5, 0.6) is 0 Å². The van der Waals surface area contributed by atoms with Crippen molar-refractivity contribution in [1.29, 1.82) is 0 Å². The predicted octanol–water partition coefficient (Wildman–Crippen LogP) is 2.17. The molecule has 0 fully saturated rings. The minimum atomic E-state index is -3.88. The van der Waals surface area contributed by atoms with Crippen LogP contribution < -0.4 is 4.72 Å². The third kappa shape index (κ3) is 4.23. The van der Waals surface area contributed by atoms with Gasteiger partial charge >= 0.3 is 0 Å². The van der Waals surface area contributed by atoms with E-state index in [-0.39, 0.29) is 11.3 Å². The molecule has 2 rings (SSSR count). The van der Waals surface area contributed by atoms with Crippen LogP contribution in [0.4, 0.5) is 0 Å². The van der Waals surface area contributed by atoms with Gasteiger partial charge in [0.25, 0.3) is 10.0 Å². The number of amides is 1. The summed E-state index contributed by atoms with van der Waals surface area (Å²) in [5.74, 6) is -0.496. The summed E-state index contributed by atoms with van der Waals surface area (Å²) in [7, 11) is -2.21. The monoisotopic (exact) mass is 349 g/mol. The molecule has 0 bridgehead atoms. The van der Waals surface area contributed by atoms with Crippen molar-refractivity contribution in [3.05, 3.63) is 46.8 Å². The fraction of sp³-hybridized carbons (Fsp3) is 0.412. The van der Waals surface area contributed by atoms with Crippen LogP contribution in [-0.4, -0.2) is 24.1 Å². The first-order valence-corrected chi connectivity index (χ1v) is 9.30. The van der Waals surface area contributed by atoms with Gasteiger partial charge < -0.3 is 0 Å². The third-order valence-corrected chi connectivity index (χ3v) is 5.57. The van der Waals surface area contributed by atoms with Crippen molar-refractivity contribution in [2.75, 3.05) is 0 Å². The second kappa shape index (κ2) is 7.17. The summed E-state index contributed by atoms with van der Waals surface area (Å²) in [6.07, 6.45) is 1.49. The number of hydrogen-bond acceptors (Lipinski definition) is 4. The Morgan fingerprint density at radius 3 is 2.33 bits per heavy atom. The van der Waals surface area contributed by atoms with E-state index in [0.29, 0.717) is 17.8 Å². The van der Waals surface area contributed by atoms with E-state index in [2.05, 4.69) is 9.82 Å². The minimum absolute atomic E-state index is 0.0804. The van der Waals surface area contributed by atoms with Gasteiger partial charge in [0, 0.05) is 13.5 Å². The summed E-state index contributed by atoms with van der Waals surface area (Å²) in [5.41, 5.74) is 3.21. The fourth-order valence-electron chi connectivity index (χ4n) is 2.60. The SMILES string of the molecule is Cc1ccc(CCCC(=O)NS(=O)(=O)c2c(C)nn(C)c2C)cc1. The molecule has 0 aliphatic rings. The lowest BCUT2D eigenvalue weighted by atomic mass is 10.1. The smallest absolute Gasteiger partial charge is 0.267 e. The third-order valence-electron chi connectivity index (χ3n) is 3.95. The van der Waals surface area contributed by atoms with Gasteiger partial charge in [-0.05, 0) is 39.2 Å². The van der Waals surface area contributed by atoms with Crippen molar-refractivity contribution in [1.82, 2.24) is 14.5 Å². The number of hydrogen-bond donors (Lipinski definition) is 1. The minimum Gasteiger partial charge on any atom is -0.274 e. The van der Waals surface area contributed by atoms with Crippen molar-refractivity contribution >= 4 is 15.9 Å². The number of carbonyl (C=O) groups is 1. The zero-order chi connectivity index (χ0) is 17.9. The standard InChI is InChI=1S/C17H23N3O3S/c1-12-8-10-15(11-9-12)6-5-7-16(21)19-24(22,23)17-13(2)18-20(4)14(17)3/h8-11H,5-7H2,1-4H3,(H,19,21). The first-order valence-electron chi connectivity index (χ1n) is 7.82. The van der Waals surface area contributed by atoms with Crippen molar-refractivity contribution in [3.63, 3.8) is 0 Å². The lowest BCUT2D eigenvalue weighted by Crippen LogP contribution is -2.31. The van der Waals surface area contributed by atoms with Crippen LogP contribution in [0, 0.1) is 20.8 Å². The summed E-state index contributed by atoms with van der Waals surface area (Å²) in [5, 5.41) is 4.08. The van der Waals surface area contributed by atoms with Crippen LogP contribution in [0.25, 0.3) is 0 Å². The highest BCUT2D eigenvalue weighted by atomic mass is 32.2.